The van der Waals surface area contributed by atoms with Crippen LogP contribution in [0.15, 0.2) is 60.8 Å². The van der Waals surface area contributed by atoms with Gasteiger partial charge in [0.15, 0.2) is 11.5 Å². The van der Waals surface area contributed by atoms with Gasteiger partial charge >= 0.3 is 6.09 Å². The summed E-state index contributed by atoms with van der Waals surface area (Å²) in [5.41, 5.74) is 3.61. The van der Waals surface area contributed by atoms with E-state index < -0.39 is 12.1 Å². The topological polar surface area (TPSA) is 81.1 Å². The molecule has 0 saturated heterocycles. The highest BCUT2D eigenvalue weighted by atomic mass is 35.5. The molecule has 1 atom stereocenters. The number of anilines is 1. The summed E-state index contributed by atoms with van der Waals surface area (Å²) < 4.78 is 17.1. The van der Waals surface area contributed by atoms with Crippen molar-refractivity contribution in [1.29, 1.82) is 0 Å². The summed E-state index contributed by atoms with van der Waals surface area (Å²) in [5.74, 6) is 2.35. The van der Waals surface area contributed by atoms with Crippen molar-refractivity contribution in [1.82, 2.24) is 4.98 Å². The number of hydrogen-bond donors (Lipinski definition) is 1. The number of rotatable bonds is 7. The standard InChI is InChI=1S/C28H27ClN2O5/c1-16-12-25(36-24-9-10-30-22-15-27(35-5)26(34-4)14-21(22)24)17(2)11-23(16)31(28(32)33)18(3)19-7-6-8-20(29)13-19/h6-15,18H,1-5H3,(H,32,33). The van der Waals surface area contributed by atoms with E-state index in [2.05, 4.69) is 4.98 Å². The number of halogens is 1. The van der Waals surface area contributed by atoms with Crippen LogP contribution in [-0.2, 0) is 0 Å². The Labute approximate surface area is 214 Å². The molecule has 0 saturated carbocycles. The molecule has 3 aromatic carbocycles. The van der Waals surface area contributed by atoms with Gasteiger partial charge in [-0.15, -0.1) is 0 Å². The van der Waals surface area contributed by atoms with E-state index in [1.807, 2.05) is 51.1 Å². The van der Waals surface area contributed by atoms with Crippen LogP contribution in [-0.4, -0.2) is 30.4 Å². The highest BCUT2D eigenvalue weighted by molar-refractivity contribution is 6.30. The quantitative estimate of drug-likeness (QED) is 0.278. The first kappa shape index (κ1) is 25.1. The molecule has 186 valence electrons. The number of carboxylic acid groups (broad SMARTS) is 1. The second-order valence-corrected chi connectivity index (χ2v) is 8.86. The zero-order valence-electron chi connectivity index (χ0n) is 20.7. The number of ether oxygens (including phenoxy) is 3. The van der Waals surface area contributed by atoms with Crippen LogP contribution in [0.5, 0.6) is 23.0 Å². The summed E-state index contributed by atoms with van der Waals surface area (Å²) in [6.45, 7) is 5.58. The van der Waals surface area contributed by atoms with Crippen molar-refractivity contribution in [3.05, 3.63) is 82.5 Å². The molecule has 1 heterocycles. The van der Waals surface area contributed by atoms with Crippen LogP contribution >= 0.6 is 11.6 Å². The monoisotopic (exact) mass is 506 g/mol. The van der Waals surface area contributed by atoms with Gasteiger partial charge in [0.05, 0.1) is 31.5 Å². The van der Waals surface area contributed by atoms with E-state index in [1.165, 1.54) is 4.90 Å². The van der Waals surface area contributed by atoms with E-state index in [0.717, 1.165) is 22.1 Å². The first-order chi connectivity index (χ1) is 17.2. The lowest BCUT2D eigenvalue weighted by Gasteiger charge is -2.29. The molecule has 8 heteroatoms. The van der Waals surface area contributed by atoms with Crippen molar-refractivity contribution in [3.8, 4) is 23.0 Å². The molecule has 0 aliphatic rings. The Morgan fingerprint density at radius 1 is 0.944 bits per heavy atom. The normalized spacial score (nSPS) is 11.7. The molecule has 4 aromatic rings. The summed E-state index contributed by atoms with van der Waals surface area (Å²) in [6.07, 6.45) is 0.610. The van der Waals surface area contributed by atoms with Crippen molar-refractivity contribution in [2.75, 3.05) is 19.1 Å². The lowest BCUT2D eigenvalue weighted by Crippen LogP contribution is -2.32. The fourth-order valence-electron chi connectivity index (χ4n) is 4.19. The second kappa shape index (κ2) is 10.3. The molecule has 4 rings (SSSR count). The van der Waals surface area contributed by atoms with Crippen molar-refractivity contribution < 1.29 is 24.1 Å². The highest BCUT2D eigenvalue weighted by Gasteiger charge is 2.25. The molecule has 0 aliphatic heterocycles. The Morgan fingerprint density at radius 2 is 1.67 bits per heavy atom. The number of nitrogens with zero attached hydrogens (tertiary/aromatic N) is 2. The lowest BCUT2D eigenvalue weighted by atomic mass is 10.0. The largest absolute Gasteiger partial charge is 0.493 e. The van der Waals surface area contributed by atoms with Gasteiger partial charge in [0.2, 0.25) is 0 Å². The summed E-state index contributed by atoms with van der Waals surface area (Å²) in [6, 6.07) is 15.8. The smallest absolute Gasteiger partial charge is 0.412 e. The van der Waals surface area contributed by atoms with Gasteiger partial charge < -0.3 is 19.3 Å². The lowest BCUT2D eigenvalue weighted by molar-refractivity contribution is 0.199. The van der Waals surface area contributed by atoms with Gasteiger partial charge in [-0.1, -0.05) is 23.7 Å². The van der Waals surface area contributed by atoms with Crippen molar-refractivity contribution in [2.24, 2.45) is 0 Å². The van der Waals surface area contributed by atoms with Gasteiger partial charge in [-0.05, 0) is 73.9 Å². The van der Waals surface area contributed by atoms with Crippen molar-refractivity contribution in [2.45, 2.75) is 26.8 Å². The number of fused-ring (bicyclic) bond motifs is 1. The van der Waals surface area contributed by atoms with E-state index in [0.29, 0.717) is 39.2 Å². The molecule has 1 unspecified atom stereocenters. The summed E-state index contributed by atoms with van der Waals surface area (Å²) in [5, 5.41) is 11.4. The minimum atomic E-state index is -1.06. The Bertz CT molecular complexity index is 1440. The van der Waals surface area contributed by atoms with Gasteiger partial charge in [-0.3, -0.25) is 9.88 Å². The molecule has 0 fully saturated rings. The molecule has 1 aromatic heterocycles. The van der Waals surface area contributed by atoms with Crippen LogP contribution in [0, 0.1) is 13.8 Å². The zero-order chi connectivity index (χ0) is 26.0. The van der Waals surface area contributed by atoms with Gasteiger partial charge in [0.25, 0.3) is 0 Å². The van der Waals surface area contributed by atoms with Crippen LogP contribution in [0.1, 0.15) is 29.7 Å². The number of aromatic nitrogens is 1. The van der Waals surface area contributed by atoms with Crippen LogP contribution in [0.2, 0.25) is 5.02 Å². The van der Waals surface area contributed by atoms with E-state index >= 15 is 0 Å². The highest BCUT2D eigenvalue weighted by Crippen LogP contribution is 2.40. The van der Waals surface area contributed by atoms with Crippen LogP contribution in [0.4, 0.5) is 10.5 Å². The average molecular weight is 507 g/mol. The molecular formula is C28H27ClN2O5. The molecule has 1 N–H and O–H groups in total. The molecule has 0 aliphatic carbocycles. The average Bonchev–Trinajstić information content (AvgIpc) is 2.86. The third-order valence-corrected chi connectivity index (χ3v) is 6.34. The molecule has 7 nitrogen and oxygen atoms in total. The van der Waals surface area contributed by atoms with Gasteiger partial charge in [-0.25, -0.2) is 4.79 Å². The molecule has 36 heavy (non-hydrogen) atoms. The maximum absolute atomic E-state index is 12.3. The SMILES string of the molecule is COc1cc2nccc(Oc3cc(C)c(N(C(=O)O)C(C)c4cccc(Cl)c4)cc3C)c2cc1OC. The van der Waals surface area contributed by atoms with Crippen LogP contribution in [0.25, 0.3) is 10.9 Å². The van der Waals surface area contributed by atoms with E-state index in [9.17, 15) is 9.90 Å². The summed E-state index contributed by atoms with van der Waals surface area (Å²) in [7, 11) is 3.15. The van der Waals surface area contributed by atoms with E-state index in [1.54, 1.807) is 44.7 Å². The number of hydrogen-bond acceptors (Lipinski definition) is 5. The predicted molar refractivity (Wildman–Crippen MR) is 141 cm³/mol. The fraction of sp³-hybridized carbons (Fsp3) is 0.214. The number of amides is 1. The fourth-order valence-corrected chi connectivity index (χ4v) is 4.39. The Kier molecular flexibility index (Phi) is 7.22. The Balaban J connectivity index is 1.73. The first-order valence-electron chi connectivity index (χ1n) is 11.3. The number of methoxy groups -OCH3 is 2. The molecule has 0 spiro atoms. The van der Waals surface area contributed by atoms with Crippen LogP contribution in [0.3, 0.4) is 0 Å². The number of benzene rings is 3. The van der Waals surface area contributed by atoms with Gasteiger partial charge in [0, 0.05) is 22.7 Å². The maximum atomic E-state index is 12.3. The number of pyridine rings is 1. The van der Waals surface area contributed by atoms with Crippen molar-refractivity contribution in [3.63, 3.8) is 0 Å². The molecule has 0 bridgehead atoms. The Hall–Kier alpha value is -3.97. The summed E-state index contributed by atoms with van der Waals surface area (Å²) >= 11 is 6.15. The maximum Gasteiger partial charge on any atom is 0.412 e. The molecule has 1 amide bonds. The summed E-state index contributed by atoms with van der Waals surface area (Å²) in [4.78, 5) is 18.1. The van der Waals surface area contributed by atoms with Gasteiger partial charge in [0.1, 0.15) is 11.5 Å². The Morgan fingerprint density at radius 3 is 2.33 bits per heavy atom. The van der Waals surface area contributed by atoms with E-state index in [-0.39, 0.29) is 0 Å². The first-order valence-corrected chi connectivity index (χ1v) is 11.7. The third-order valence-electron chi connectivity index (χ3n) is 6.10. The van der Waals surface area contributed by atoms with Crippen LogP contribution < -0.4 is 19.1 Å². The van der Waals surface area contributed by atoms with Crippen molar-refractivity contribution >= 4 is 34.3 Å². The third kappa shape index (κ3) is 4.88. The minimum Gasteiger partial charge on any atom is -0.493 e. The van der Waals surface area contributed by atoms with E-state index in [4.69, 9.17) is 25.8 Å². The minimum absolute atomic E-state index is 0.447. The van der Waals surface area contributed by atoms with Gasteiger partial charge in [-0.2, -0.15) is 0 Å². The second-order valence-electron chi connectivity index (χ2n) is 8.42. The predicted octanol–water partition coefficient (Wildman–Crippen LogP) is 7.56. The number of aryl methyl sites for hydroxylation is 2. The zero-order valence-corrected chi connectivity index (χ0v) is 21.5. The molecular weight excluding hydrogens is 480 g/mol. The molecule has 0 radical (unpaired) electrons. The number of carbonyl (C=O) groups is 1.